The molecule has 0 radical (unpaired) electrons. The zero-order valence-electron chi connectivity index (χ0n) is 12.5. The zero-order chi connectivity index (χ0) is 15.5. The van der Waals surface area contributed by atoms with Crippen LogP contribution in [0.25, 0.3) is 0 Å². The summed E-state index contributed by atoms with van der Waals surface area (Å²) >= 11 is 0. The van der Waals surface area contributed by atoms with Crippen LogP contribution in [0, 0.1) is 6.92 Å². The Morgan fingerprint density at radius 1 is 1.35 bits per heavy atom. The molecule has 5 nitrogen and oxygen atoms in total. The number of anilines is 2. The van der Waals surface area contributed by atoms with E-state index in [4.69, 9.17) is 5.73 Å². The molecule has 0 spiro atoms. The molecule has 0 saturated heterocycles. The van der Waals surface area contributed by atoms with Crippen LogP contribution in [0.2, 0.25) is 0 Å². The predicted molar refractivity (Wildman–Crippen MR) is 83.5 cm³/mol. The van der Waals surface area contributed by atoms with Crippen LogP contribution in [0.3, 0.4) is 0 Å². The van der Waals surface area contributed by atoms with Gasteiger partial charge in [-0.3, -0.25) is 4.55 Å². The average Bonchev–Trinajstić information content (AvgIpc) is 2.31. The Balaban J connectivity index is 3.31. The van der Waals surface area contributed by atoms with Crippen molar-refractivity contribution in [3.05, 3.63) is 23.8 Å². The third-order valence-corrected chi connectivity index (χ3v) is 4.45. The highest BCUT2D eigenvalue weighted by molar-refractivity contribution is 7.86. The third-order valence-electron chi connectivity index (χ3n) is 3.30. The Bertz CT molecular complexity index is 556. The summed E-state index contributed by atoms with van der Waals surface area (Å²) in [6.45, 7) is 7.57. The molecule has 1 unspecified atom stereocenters. The van der Waals surface area contributed by atoms with Crippen LogP contribution < -0.4 is 10.6 Å². The number of nitrogens with two attached hydrogens (primary N) is 1. The molecule has 3 N–H and O–H groups in total. The van der Waals surface area contributed by atoms with Crippen molar-refractivity contribution in [2.45, 2.75) is 52.0 Å². The standard InChI is InChI=1S/C14H24N2O3S/c1-5-6-14(20(17,18)19)16(10(2)3)12-7-8-13(15)11(4)9-12/h7-10,14H,5-6,15H2,1-4H3,(H,17,18,19). The van der Waals surface area contributed by atoms with Crippen LogP contribution in [-0.4, -0.2) is 24.4 Å². The molecule has 0 aliphatic carbocycles. The van der Waals surface area contributed by atoms with Gasteiger partial charge in [-0.2, -0.15) is 8.42 Å². The Kier molecular flexibility index (Phi) is 5.42. The fraction of sp³-hybridized carbons (Fsp3) is 0.571. The maximum absolute atomic E-state index is 11.7. The van der Waals surface area contributed by atoms with Crippen molar-refractivity contribution in [2.24, 2.45) is 0 Å². The Morgan fingerprint density at radius 3 is 2.35 bits per heavy atom. The minimum Gasteiger partial charge on any atom is -0.399 e. The molecule has 1 rings (SSSR count). The van der Waals surface area contributed by atoms with Gasteiger partial charge in [-0.05, 0) is 51.0 Å². The van der Waals surface area contributed by atoms with Crippen molar-refractivity contribution < 1.29 is 13.0 Å². The summed E-state index contributed by atoms with van der Waals surface area (Å²) in [5, 5.41) is -0.935. The van der Waals surface area contributed by atoms with Gasteiger partial charge in [-0.15, -0.1) is 0 Å². The second kappa shape index (κ2) is 6.45. The fourth-order valence-electron chi connectivity index (χ4n) is 2.30. The zero-order valence-corrected chi connectivity index (χ0v) is 13.3. The van der Waals surface area contributed by atoms with Gasteiger partial charge in [0.2, 0.25) is 0 Å². The van der Waals surface area contributed by atoms with Crippen LogP contribution in [0.1, 0.15) is 39.2 Å². The molecule has 0 aliphatic heterocycles. The lowest BCUT2D eigenvalue weighted by atomic mass is 10.1. The normalized spacial score (nSPS) is 13.5. The van der Waals surface area contributed by atoms with E-state index in [1.54, 1.807) is 17.0 Å². The minimum absolute atomic E-state index is 0.0588. The van der Waals surface area contributed by atoms with Gasteiger partial charge in [0.1, 0.15) is 0 Å². The molecule has 0 aliphatic rings. The van der Waals surface area contributed by atoms with E-state index >= 15 is 0 Å². The van der Waals surface area contributed by atoms with Crippen molar-refractivity contribution in [3.63, 3.8) is 0 Å². The van der Waals surface area contributed by atoms with Gasteiger partial charge >= 0.3 is 0 Å². The molecule has 114 valence electrons. The highest BCUT2D eigenvalue weighted by atomic mass is 32.2. The highest BCUT2D eigenvalue weighted by Gasteiger charge is 2.31. The molecule has 0 saturated carbocycles. The van der Waals surface area contributed by atoms with E-state index in [1.165, 1.54) is 0 Å². The van der Waals surface area contributed by atoms with Crippen molar-refractivity contribution in [1.82, 2.24) is 0 Å². The molecular weight excluding hydrogens is 276 g/mol. The van der Waals surface area contributed by atoms with E-state index in [1.807, 2.05) is 33.8 Å². The van der Waals surface area contributed by atoms with Crippen LogP contribution in [-0.2, 0) is 10.1 Å². The Morgan fingerprint density at radius 2 is 1.95 bits per heavy atom. The van der Waals surface area contributed by atoms with Crippen molar-refractivity contribution in [2.75, 3.05) is 10.6 Å². The number of nitrogen functional groups attached to an aromatic ring is 1. The third kappa shape index (κ3) is 3.86. The summed E-state index contributed by atoms with van der Waals surface area (Å²) in [4.78, 5) is 1.73. The molecule has 1 aromatic carbocycles. The lowest BCUT2D eigenvalue weighted by Crippen LogP contribution is -2.45. The van der Waals surface area contributed by atoms with Gasteiger partial charge in [-0.25, -0.2) is 0 Å². The topological polar surface area (TPSA) is 83.6 Å². The SMILES string of the molecule is CCCC(N(c1ccc(N)c(C)c1)C(C)C)S(=O)(=O)O. The van der Waals surface area contributed by atoms with Crippen LogP contribution >= 0.6 is 0 Å². The maximum atomic E-state index is 11.7. The van der Waals surface area contributed by atoms with Gasteiger partial charge in [0.25, 0.3) is 10.1 Å². The molecule has 0 bridgehead atoms. The van der Waals surface area contributed by atoms with E-state index in [9.17, 15) is 13.0 Å². The number of aryl methyl sites for hydroxylation is 1. The molecule has 1 aromatic rings. The average molecular weight is 300 g/mol. The molecule has 20 heavy (non-hydrogen) atoms. The van der Waals surface area contributed by atoms with Crippen LogP contribution in [0.15, 0.2) is 18.2 Å². The number of rotatable bonds is 6. The van der Waals surface area contributed by atoms with Crippen molar-refractivity contribution in [3.8, 4) is 0 Å². The lowest BCUT2D eigenvalue weighted by Gasteiger charge is -2.35. The lowest BCUT2D eigenvalue weighted by molar-refractivity contribution is 0.448. The molecule has 0 fully saturated rings. The van der Waals surface area contributed by atoms with E-state index in [2.05, 4.69) is 0 Å². The summed E-state index contributed by atoms with van der Waals surface area (Å²) in [5.74, 6) is 0. The number of nitrogens with zero attached hydrogens (tertiary/aromatic N) is 1. The van der Waals surface area contributed by atoms with Crippen molar-refractivity contribution in [1.29, 1.82) is 0 Å². The summed E-state index contributed by atoms with van der Waals surface area (Å²) in [7, 11) is -4.15. The van der Waals surface area contributed by atoms with Gasteiger partial charge in [0, 0.05) is 17.4 Å². The van der Waals surface area contributed by atoms with Crippen LogP contribution in [0.5, 0.6) is 0 Å². The maximum Gasteiger partial charge on any atom is 0.286 e. The van der Waals surface area contributed by atoms with Crippen molar-refractivity contribution >= 4 is 21.5 Å². The van der Waals surface area contributed by atoms with Gasteiger partial charge in [0.15, 0.2) is 5.37 Å². The summed E-state index contributed by atoms with van der Waals surface area (Å²) in [6.07, 6.45) is 1.04. The van der Waals surface area contributed by atoms with Gasteiger partial charge < -0.3 is 10.6 Å². The minimum atomic E-state index is -4.15. The number of hydrogen-bond acceptors (Lipinski definition) is 4. The van der Waals surface area contributed by atoms with Gasteiger partial charge in [-0.1, -0.05) is 13.3 Å². The van der Waals surface area contributed by atoms with E-state index in [0.717, 1.165) is 11.3 Å². The molecular formula is C14H24N2O3S. The molecule has 0 amide bonds. The molecule has 1 atom stereocenters. The smallest absolute Gasteiger partial charge is 0.286 e. The number of benzene rings is 1. The first-order valence-electron chi connectivity index (χ1n) is 6.79. The van der Waals surface area contributed by atoms with Crippen LogP contribution in [0.4, 0.5) is 11.4 Å². The Labute approximate surface area is 121 Å². The fourth-order valence-corrected chi connectivity index (χ4v) is 3.48. The van der Waals surface area contributed by atoms with E-state index < -0.39 is 15.5 Å². The molecule has 0 heterocycles. The predicted octanol–water partition coefficient (Wildman–Crippen LogP) is 2.81. The van der Waals surface area contributed by atoms with Gasteiger partial charge in [0.05, 0.1) is 0 Å². The quantitative estimate of drug-likeness (QED) is 0.623. The first-order chi connectivity index (χ1) is 9.18. The second-order valence-electron chi connectivity index (χ2n) is 5.30. The monoisotopic (exact) mass is 300 g/mol. The Hall–Kier alpha value is -1.27. The summed E-state index contributed by atoms with van der Waals surface area (Å²) in [5.41, 5.74) is 8.10. The first-order valence-corrected chi connectivity index (χ1v) is 8.29. The highest BCUT2D eigenvalue weighted by Crippen LogP contribution is 2.27. The largest absolute Gasteiger partial charge is 0.399 e. The molecule has 6 heteroatoms. The van der Waals surface area contributed by atoms with E-state index in [0.29, 0.717) is 18.5 Å². The summed E-state index contributed by atoms with van der Waals surface area (Å²) in [6, 6.07) is 5.34. The first kappa shape index (κ1) is 16.8. The second-order valence-corrected chi connectivity index (χ2v) is 6.87. The molecule has 0 aromatic heterocycles. The number of hydrogen-bond donors (Lipinski definition) is 2. The summed E-state index contributed by atoms with van der Waals surface area (Å²) < 4.78 is 32.9. The van der Waals surface area contributed by atoms with E-state index in [-0.39, 0.29) is 6.04 Å².